The van der Waals surface area contributed by atoms with Crippen LogP contribution in [0, 0.1) is 0 Å². The van der Waals surface area contributed by atoms with Crippen LogP contribution in [-0.4, -0.2) is 14.1 Å². The maximum absolute atomic E-state index is 3.66. The minimum Gasteiger partial charge on any atom is -0.376 e. The van der Waals surface area contributed by atoms with Crippen molar-refractivity contribution in [3.63, 3.8) is 0 Å². The molecule has 1 aromatic heterocycles. The van der Waals surface area contributed by atoms with Crippen molar-refractivity contribution in [3.05, 3.63) is 45.1 Å². The molecule has 19 heavy (non-hydrogen) atoms. The van der Waals surface area contributed by atoms with Crippen LogP contribution in [0.3, 0.4) is 0 Å². The zero-order valence-corrected chi connectivity index (χ0v) is 13.9. The number of nitrogens with zero attached hydrogens (tertiary/aromatic N) is 1. The predicted molar refractivity (Wildman–Crippen MR) is 89.4 cm³/mol. The van der Waals surface area contributed by atoms with Crippen molar-refractivity contribution >= 4 is 38.6 Å². The summed E-state index contributed by atoms with van der Waals surface area (Å²) in [5.41, 5.74) is 2.37. The van der Waals surface area contributed by atoms with E-state index in [0.717, 1.165) is 10.9 Å². The number of halogens is 1. The normalized spacial score (nSPS) is 12.2. The van der Waals surface area contributed by atoms with Gasteiger partial charge in [-0.05, 0) is 36.1 Å². The molecule has 0 bridgehead atoms. The van der Waals surface area contributed by atoms with E-state index in [-0.39, 0.29) is 0 Å². The second-order valence-electron chi connectivity index (χ2n) is 4.68. The maximum atomic E-state index is 3.66. The average Bonchev–Trinajstić information content (AvgIpc) is 2.89. The first-order chi connectivity index (χ1) is 9.11. The number of benzene rings is 1. The molecule has 0 spiro atoms. The van der Waals surface area contributed by atoms with Crippen molar-refractivity contribution in [3.8, 4) is 0 Å². The molecule has 0 fully saturated rings. The molecule has 0 saturated heterocycles. The Kier molecular flexibility index (Phi) is 4.88. The lowest BCUT2D eigenvalue weighted by molar-refractivity contribution is 0.763. The fourth-order valence-electron chi connectivity index (χ4n) is 2.07. The lowest BCUT2D eigenvalue weighted by Crippen LogP contribution is -2.14. The first-order valence-corrected chi connectivity index (χ1v) is 8.06. The molecule has 1 aromatic carbocycles. The van der Waals surface area contributed by atoms with Crippen molar-refractivity contribution in [1.29, 1.82) is 0 Å². The van der Waals surface area contributed by atoms with Gasteiger partial charge in [-0.1, -0.05) is 28.9 Å². The van der Waals surface area contributed by atoms with Crippen molar-refractivity contribution in [2.45, 2.75) is 19.4 Å². The summed E-state index contributed by atoms with van der Waals surface area (Å²) in [6.07, 6.45) is 1.07. The average molecular weight is 339 g/mol. The van der Waals surface area contributed by atoms with Gasteiger partial charge in [-0.25, -0.2) is 0 Å². The summed E-state index contributed by atoms with van der Waals surface area (Å²) in [5, 5.41) is 5.79. The van der Waals surface area contributed by atoms with Gasteiger partial charge in [0.1, 0.15) is 0 Å². The van der Waals surface area contributed by atoms with Gasteiger partial charge in [0, 0.05) is 23.4 Å². The number of hydrogen-bond acceptors (Lipinski definition) is 3. The standard InChI is InChI=1S/C15H19BrN2S/c1-4-12(15-6-5-9-19-15)17-13-10-11(16)7-8-14(13)18(2)3/h5-10,12,17H,4H2,1-3H3. The van der Waals surface area contributed by atoms with Crippen LogP contribution in [-0.2, 0) is 0 Å². The van der Waals surface area contributed by atoms with E-state index in [4.69, 9.17) is 0 Å². The molecule has 0 amide bonds. The Bertz CT molecular complexity index is 523. The molecule has 1 unspecified atom stereocenters. The largest absolute Gasteiger partial charge is 0.376 e. The Hall–Kier alpha value is -1.00. The van der Waals surface area contributed by atoms with Gasteiger partial charge in [-0.15, -0.1) is 11.3 Å². The van der Waals surface area contributed by atoms with Crippen LogP contribution in [0.25, 0.3) is 0 Å². The fraction of sp³-hybridized carbons (Fsp3) is 0.333. The molecule has 0 aliphatic heterocycles. The minimum absolute atomic E-state index is 0.369. The lowest BCUT2D eigenvalue weighted by atomic mass is 10.1. The van der Waals surface area contributed by atoms with Crippen molar-refractivity contribution in [2.24, 2.45) is 0 Å². The van der Waals surface area contributed by atoms with E-state index in [1.54, 1.807) is 11.3 Å². The van der Waals surface area contributed by atoms with Gasteiger partial charge in [-0.2, -0.15) is 0 Å². The van der Waals surface area contributed by atoms with E-state index >= 15 is 0 Å². The summed E-state index contributed by atoms with van der Waals surface area (Å²) >= 11 is 5.36. The first kappa shape index (κ1) is 14.4. The number of nitrogens with one attached hydrogen (secondary N) is 1. The van der Waals surface area contributed by atoms with Gasteiger partial charge in [0.15, 0.2) is 0 Å². The maximum Gasteiger partial charge on any atom is 0.0604 e. The predicted octanol–water partition coefficient (Wildman–Crippen LogP) is 5.14. The Morgan fingerprint density at radius 3 is 2.68 bits per heavy atom. The zero-order chi connectivity index (χ0) is 13.8. The highest BCUT2D eigenvalue weighted by molar-refractivity contribution is 9.10. The van der Waals surface area contributed by atoms with Crippen LogP contribution in [0.1, 0.15) is 24.3 Å². The van der Waals surface area contributed by atoms with Gasteiger partial charge in [-0.3, -0.25) is 0 Å². The smallest absolute Gasteiger partial charge is 0.0604 e. The van der Waals surface area contributed by atoms with Crippen molar-refractivity contribution in [2.75, 3.05) is 24.3 Å². The van der Waals surface area contributed by atoms with E-state index in [1.807, 2.05) is 0 Å². The van der Waals surface area contributed by atoms with Crippen LogP contribution in [0.2, 0.25) is 0 Å². The highest BCUT2D eigenvalue weighted by Gasteiger charge is 2.13. The van der Waals surface area contributed by atoms with Gasteiger partial charge in [0.2, 0.25) is 0 Å². The summed E-state index contributed by atoms with van der Waals surface area (Å²) in [7, 11) is 4.14. The molecular formula is C15H19BrN2S. The van der Waals surface area contributed by atoms with E-state index in [9.17, 15) is 0 Å². The monoisotopic (exact) mass is 338 g/mol. The molecular weight excluding hydrogens is 320 g/mol. The third kappa shape index (κ3) is 3.51. The van der Waals surface area contributed by atoms with Gasteiger partial charge >= 0.3 is 0 Å². The third-order valence-corrected chi connectivity index (χ3v) is 4.54. The summed E-state index contributed by atoms with van der Waals surface area (Å²) in [5.74, 6) is 0. The number of rotatable bonds is 5. The Morgan fingerprint density at radius 2 is 2.11 bits per heavy atom. The lowest BCUT2D eigenvalue weighted by Gasteiger charge is -2.23. The van der Waals surface area contributed by atoms with Crippen LogP contribution >= 0.6 is 27.3 Å². The topological polar surface area (TPSA) is 15.3 Å². The van der Waals surface area contributed by atoms with Gasteiger partial charge < -0.3 is 10.2 Å². The van der Waals surface area contributed by atoms with E-state index in [1.165, 1.54) is 16.3 Å². The van der Waals surface area contributed by atoms with Crippen LogP contribution < -0.4 is 10.2 Å². The third-order valence-electron chi connectivity index (χ3n) is 3.07. The van der Waals surface area contributed by atoms with Crippen LogP contribution in [0.15, 0.2) is 40.2 Å². The SMILES string of the molecule is CCC(Nc1cc(Br)ccc1N(C)C)c1cccs1. The van der Waals surface area contributed by atoms with Gasteiger partial charge in [0.25, 0.3) is 0 Å². The number of hydrogen-bond donors (Lipinski definition) is 1. The second-order valence-corrected chi connectivity index (χ2v) is 6.57. The molecule has 0 radical (unpaired) electrons. The van der Waals surface area contributed by atoms with E-state index < -0.39 is 0 Å². The molecule has 2 nitrogen and oxygen atoms in total. The molecule has 1 atom stereocenters. The number of thiophene rings is 1. The quantitative estimate of drug-likeness (QED) is 0.811. The summed E-state index contributed by atoms with van der Waals surface area (Å²) in [6.45, 7) is 2.21. The summed E-state index contributed by atoms with van der Waals surface area (Å²) in [4.78, 5) is 3.52. The summed E-state index contributed by atoms with van der Waals surface area (Å²) in [6, 6.07) is 11.0. The van der Waals surface area contributed by atoms with Crippen molar-refractivity contribution in [1.82, 2.24) is 0 Å². The minimum atomic E-state index is 0.369. The van der Waals surface area contributed by atoms with Crippen LogP contribution in [0.5, 0.6) is 0 Å². The molecule has 4 heteroatoms. The number of anilines is 2. The molecule has 2 aromatic rings. The highest BCUT2D eigenvalue weighted by Crippen LogP contribution is 2.33. The van der Waals surface area contributed by atoms with Crippen molar-refractivity contribution < 1.29 is 0 Å². The van der Waals surface area contributed by atoms with E-state index in [0.29, 0.717) is 6.04 Å². The molecule has 1 heterocycles. The Morgan fingerprint density at radius 1 is 1.32 bits per heavy atom. The fourth-order valence-corrected chi connectivity index (χ4v) is 3.29. The Labute approximate surface area is 127 Å². The molecule has 0 saturated carbocycles. The first-order valence-electron chi connectivity index (χ1n) is 6.38. The second kappa shape index (κ2) is 6.44. The molecule has 2 rings (SSSR count). The molecule has 1 N–H and O–H groups in total. The van der Waals surface area contributed by atoms with Gasteiger partial charge in [0.05, 0.1) is 17.4 Å². The zero-order valence-electron chi connectivity index (χ0n) is 11.5. The van der Waals surface area contributed by atoms with Crippen LogP contribution in [0.4, 0.5) is 11.4 Å². The van der Waals surface area contributed by atoms with E-state index in [2.05, 4.69) is 82.9 Å². The Balaban J connectivity index is 2.28. The summed E-state index contributed by atoms with van der Waals surface area (Å²) < 4.78 is 1.10. The molecule has 102 valence electrons. The molecule has 0 aliphatic carbocycles. The molecule has 0 aliphatic rings. The highest BCUT2D eigenvalue weighted by atomic mass is 79.9.